The number of hydrogen-bond acceptors (Lipinski definition) is 0. The van der Waals surface area contributed by atoms with Crippen LogP contribution in [-0.2, 0) is 0 Å². The van der Waals surface area contributed by atoms with Crippen LogP contribution in [0.4, 0.5) is 0 Å². The van der Waals surface area contributed by atoms with E-state index in [2.05, 4.69) is 50.2 Å². The summed E-state index contributed by atoms with van der Waals surface area (Å²) in [4.78, 5) is 0. The molecule has 0 N–H and O–H groups in total. The summed E-state index contributed by atoms with van der Waals surface area (Å²) in [5.74, 6) is 0. The second-order valence-corrected chi connectivity index (χ2v) is 5.01. The predicted octanol–water partition coefficient (Wildman–Crippen LogP) is 2.78. The summed E-state index contributed by atoms with van der Waals surface area (Å²) in [7, 11) is 0. The van der Waals surface area contributed by atoms with Gasteiger partial charge >= 0.3 is 62.9 Å². The molecule has 0 aromatic heterocycles. The van der Waals surface area contributed by atoms with Gasteiger partial charge in [0.05, 0.1) is 0 Å². The maximum Gasteiger partial charge on any atom is -0.0398 e. The van der Waals surface area contributed by atoms with Crippen LogP contribution in [0.25, 0.3) is 0 Å². The first-order chi connectivity index (χ1) is 7.20. The van der Waals surface area contributed by atoms with Gasteiger partial charge in [-0.05, 0) is 6.92 Å². The number of hydrogen-bond donors (Lipinski definition) is 0. The smallest absolute Gasteiger partial charge is 0.0398 e. The van der Waals surface area contributed by atoms with Gasteiger partial charge in [0.2, 0.25) is 0 Å². The molecule has 2 aromatic carbocycles. The fourth-order valence-corrected chi connectivity index (χ4v) is 1.62. The Bertz CT molecular complexity index is 372. The molecule has 0 nitrogen and oxygen atoms in total. The minimum absolute atomic E-state index is 1.32. The number of rotatable bonds is 0. The first kappa shape index (κ1) is 12.3. The molecular formula is C14H15Sn. The molecule has 3 radical (unpaired) electrons. The molecule has 0 aliphatic carbocycles. The fraction of sp³-hybridized carbons (Fsp3) is 0.143. The van der Waals surface area contributed by atoms with Crippen molar-refractivity contribution in [3.05, 3.63) is 65.7 Å². The van der Waals surface area contributed by atoms with Crippen molar-refractivity contribution in [2.45, 2.75) is 13.8 Å². The fourth-order valence-electron chi connectivity index (χ4n) is 1.11. The monoisotopic (exact) mass is 303 g/mol. The predicted molar refractivity (Wildman–Crippen MR) is 67.7 cm³/mol. The van der Waals surface area contributed by atoms with Crippen LogP contribution >= 0.6 is 0 Å². The zero-order valence-electron chi connectivity index (χ0n) is 9.20. The SMILES string of the molecule is Cc1cccc[c]1[Sn].Cc1ccccc1. The van der Waals surface area contributed by atoms with Gasteiger partial charge in [0.25, 0.3) is 0 Å². The number of benzene rings is 2. The van der Waals surface area contributed by atoms with Crippen molar-refractivity contribution < 1.29 is 0 Å². The van der Waals surface area contributed by atoms with Gasteiger partial charge in [-0.1, -0.05) is 35.9 Å². The molecule has 0 amide bonds. The van der Waals surface area contributed by atoms with Crippen LogP contribution < -0.4 is 3.58 Å². The Kier molecular flexibility index (Phi) is 5.48. The average Bonchev–Trinajstić information content (AvgIpc) is 2.25. The zero-order valence-corrected chi connectivity index (χ0v) is 12.1. The number of aryl methyl sites for hydroxylation is 2. The van der Waals surface area contributed by atoms with Crippen molar-refractivity contribution in [1.29, 1.82) is 0 Å². The van der Waals surface area contributed by atoms with E-state index in [0.717, 1.165) is 0 Å². The Morgan fingerprint density at radius 3 is 1.60 bits per heavy atom. The first-order valence-electron chi connectivity index (χ1n) is 4.99. The van der Waals surface area contributed by atoms with Gasteiger partial charge in [-0.3, -0.25) is 0 Å². The van der Waals surface area contributed by atoms with Crippen LogP contribution in [0.15, 0.2) is 54.6 Å². The molecule has 1 heteroatoms. The van der Waals surface area contributed by atoms with Crippen LogP contribution in [0.1, 0.15) is 11.1 Å². The molecule has 0 fully saturated rings. The summed E-state index contributed by atoms with van der Waals surface area (Å²) in [6.07, 6.45) is 0. The van der Waals surface area contributed by atoms with Crippen molar-refractivity contribution in [3.63, 3.8) is 0 Å². The second kappa shape index (κ2) is 6.67. The van der Waals surface area contributed by atoms with Crippen LogP contribution in [-0.4, -0.2) is 22.5 Å². The third-order valence-electron chi connectivity index (χ3n) is 2.09. The maximum atomic E-state index is 2.16. The van der Waals surface area contributed by atoms with E-state index in [1.54, 1.807) is 0 Å². The van der Waals surface area contributed by atoms with Crippen molar-refractivity contribution in [3.8, 4) is 0 Å². The molecule has 0 aliphatic heterocycles. The Labute approximate surface area is 105 Å². The van der Waals surface area contributed by atoms with Crippen LogP contribution in [0.2, 0.25) is 0 Å². The molecule has 0 bridgehead atoms. The van der Waals surface area contributed by atoms with E-state index in [1.165, 1.54) is 37.2 Å². The van der Waals surface area contributed by atoms with Gasteiger partial charge in [-0.2, -0.15) is 0 Å². The zero-order chi connectivity index (χ0) is 11.1. The van der Waals surface area contributed by atoms with E-state index in [9.17, 15) is 0 Å². The molecule has 0 unspecified atom stereocenters. The van der Waals surface area contributed by atoms with Gasteiger partial charge in [-0.15, -0.1) is 0 Å². The largest absolute Gasteiger partial charge is 0.0622 e. The van der Waals surface area contributed by atoms with E-state index in [1.807, 2.05) is 18.2 Å². The molecule has 0 aliphatic rings. The molecule has 2 aromatic rings. The van der Waals surface area contributed by atoms with Crippen molar-refractivity contribution in [1.82, 2.24) is 0 Å². The molecular weight excluding hydrogens is 287 g/mol. The maximum absolute atomic E-state index is 2.16. The summed E-state index contributed by atoms with van der Waals surface area (Å²) in [5.41, 5.74) is 2.73. The molecule has 0 spiro atoms. The Morgan fingerprint density at radius 1 is 0.733 bits per heavy atom. The van der Waals surface area contributed by atoms with Crippen molar-refractivity contribution in [2.75, 3.05) is 0 Å². The molecule has 0 saturated carbocycles. The minimum Gasteiger partial charge on any atom is -0.0622 e. The Hall–Kier alpha value is -0.761. The van der Waals surface area contributed by atoms with E-state index >= 15 is 0 Å². The normalized spacial score (nSPS) is 9.00. The quantitative estimate of drug-likeness (QED) is 0.657. The summed E-state index contributed by atoms with van der Waals surface area (Å²) < 4.78 is 1.46. The molecule has 0 saturated heterocycles. The summed E-state index contributed by atoms with van der Waals surface area (Å²) in [5, 5.41) is 0. The average molecular weight is 302 g/mol. The van der Waals surface area contributed by atoms with Gasteiger partial charge in [0, 0.05) is 0 Å². The van der Waals surface area contributed by atoms with E-state index in [0.29, 0.717) is 0 Å². The summed E-state index contributed by atoms with van der Waals surface area (Å²) >= 11 is 1.51. The summed E-state index contributed by atoms with van der Waals surface area (Å²) in [6.45, 7) is 4.23. The molecule has 0 heterocycles. The third kappa shape index (κ3) is 5.03. The van der Waals surface area contributed by atoms with Gasteiger partial charge in [0.15, 0.2) is 0 Å². The van der Waals surface area contributed by atoms with Gasteiger partial charge in [-0.25, -0.2) is 0 Å². The molecule has 15 heavy (non-hydrogen) atoms. The van der Waals surface area contributed by atoms with Crippen LogP contribution in [0, 0.1) is 13.8 Å². The van der Waals surface area contributed by atoms with Gasteiger partial charge in [0.1, 0.15) is 0 Å². The molecule has 75 valence electrons. The summed E-state index contributed by atoms with van der Waals surface area (Å²) in [6, 6.07) is 18.7. The molecule has 2 rings (SSSR count). The standard InChI is InChI=1S/C7H8.C7H7.Sn/c2*1-7-5-3-2-4-6-7;/h2-6H,1H3;2-5H,1H3;. The Balaban J connectivity index is 0.000000151. The van der Waals surface area contributed by atoms with Crippen molar-refractivity contribution >= 4 is 26.1 Å². The van der Waals surface area contributed by atoms with Crippen LogP contribution in [0.5, 0.6) is 0 Å². The van der Waals surface area contributed by atoms with E-state index < -0.39 is 0 Å². The topological polar surface area (TPSA) is 0 Å². The third-order valence-corrected chi connectivity index (χ3v) is 3.69. The minimum atomic E-state index is 1.32. The first-order valence-corrected chi connectivity index (χ1v) is 6.42. The Morgan fingerprint density at radius 2 is 1.27 bits per heavy atom. The van der Waals surface area contributed by atoms with Crippen LogP contribution in [0.3, 0.4) is 0 Å². The second-order valence-electron chi connectivity index (χ2n) is 3.47. The van der Waals surface area contributed by atoms with Gasteiger partial charge < -0.3 is 0 Å². The van der Waals surface area contributed by atoms with Crippen molar-refractivity contribution in [2.24, 2.45) is 0 Å². The molecule has 0 atom stereocenters. The van der Waals surface area contributed by atoms with E-state index in [4.69, 9.17) is 0 Å². The van der Waals surface area contributed by atoms with E-state index in [-0.39, 0.29) is 0 Å².